The van der Waals surface area contributed by atoms with Gasteiger partial charge in [-0.3, -0.25) is 96.2 Å². The van der Waals surface area contributed by atoms with Crippen molar-refractivity contribution in [3.8, 4) is 5.75 Å². The fourth-order valence-corrected chi connectivity index (χ4v) is 14.3. The number of hydrogen-bond donors (Lipinski definition) is 6. The number of hydrogen-bond acceptors (Lipinski definition) is 32. The van der Waals surface area contributed by atoms with E-state index in [1.807, 2.05) is 46.4 Å². The predicted molar refractivity (Wildman–Crippen MR) is 453 cm³/mol. The van der Waals surface area contributed by atoms with Crippen molar-refractivity contribution in [2.45, 2.75) is 214 Å². The van der Waals surface area contributed by atoms with Crippen molar-refractivity contribution >= 4 is 117 Å². The molecule has 1 aromatic heterocycles. The highest BCUT2D eigenvalue weighted by Gasteiger charge is 2.50. The molecule has 1 aromatic carbocycles. The molecule has 2 aromatic rings. The predicted octanol–water partition coefficient (Wildman–Crippen LogP) is 4.04. The third-order valence-electron chi connectivity index (χ3n) is 21.6. The van der Waals surface area contributed by atoms with Crippen LogP contribution in [0.15, 0.2) is 47.9 Å². The normalized spacial score (nSPS) is 21.1. The van der Waals surface area contributed by atoms with Gasteiger partial charge in [0.25, 0.3) is 29.5 Å². The van der Waals surface area contributed by atoms with Gasteiger partial charge in [-0.05, 0) is 97.0 Å². The Morgan fingerprint density at radius 1 is 0.659 bits per heavy atom. The standard InChI is InChI=1S/C86H127N11O28S/c1-16-52(4)61(42-71(103)86(11,12)94(13)14)84(113)95(15)64(51(2)3)43-70(124-58(10)98)83-93-63(44-126-83)82(112)91-60(37-53(5)80(110)88-30-36-118-46-120-48-122-50-123-49-121-47-119-45-117-35-29-87)40-59-21-22-69-62(41-59)92-81(111)54(6)38-67(101)56(8)89-72(104)27-33-115-31-17-19-65(99)78(96-74(106)23-24-75(96)107)79(97-76(108)25-26-77(97)109)66(100)20-18-32-116-34-28-73(105)90-57(9)68(102)39-55(7)85(114)125-69/h21-26,41,44,51-57,60-61,64,70,78-79H,16-20,27-40,42-43,45-50,87H2,1-15H3,(H,88,110)(H,89,104)(H,90,105)(H,91,112)(H,92,111)/t52-,53?,54?,55?,56?,57?,60+,61-,64+,70+,78?,79?/m0/s1. The highest BCUT2D eigenvalue weighted by atomic mass is 32.1. The summed E-state index contributed by atoms with van der Waals surface area (Å²) in [6, 6.07) is -3.40. The van der Waals surface area contributed by atoms with E-state index in [1.165, 1.54) is 58.2 Å². The molecule has 0 bridgehead atoms. The highest BCUT2D eigenvalue weighted by molar-refractivity contribution is 7.09. The largest absolute Gasteiger partial charge is 0.455 e. The average Bonchev–Trinajstić information content (AvgIpc) is 1.59. The quantitative estimate of drug-likeness (QED) is 0.0181. The van der Waals surface area contributed by atoms with Gasteiger partial charge in [0, 0.05) is 151 Å². The molecular formula is C86H127N11O28S. The number of benzene rings is 1. The molecule has 0 fully saturated rings. The van der Waals surface area contributed by atoms with E-state index < -0.39 is 185 Å². The number of esters is 2. The topological polar surface area (TPSA) is 504 Å². The number of nitrogens with two attached hydrogens (primary N) is 1. The van der Waals surface area contributed by atoms with Gasteiger partial charge < -0.3 is 89.3 Å². The van der Waals surface area contributed by atoms with Gasteiger partial charge in [-0.2, -0.15) is 0 Å². The molecule has 3 aliphatic heterocycles. The zero-order chi connectivity index (χ0) is 93.5. The Labute approximate surface area is 738 Å². The average molecular weight is 1800 g/mol. The van der Waals surface area contributed by atoms with Crippen LogP contribution in [0.25, 0.3) is 0 Å². The summed E-state index contributed by atoms with van der Waals surface area (Å²) < 4.78 is 59.7. The number of thiazole rings is 1. The summed E-state index contributed by atoms with van der Waals surface area (Å²) in [5.41, 5.74) is 4.66. The number of nitrogens with one attached hydrogen (secondary N) is 5. The second-order valence-corrected chi connectivity index (χ2v) is 33.2. The number of ketones is 5. The van der Waals surface area contributed by atoms with Gasteiger partial charge >= 0.3 is 11.9 Å². The number of carbonyl (C=O) groups excluding carboxylic acids is 17. The van der Waals surface area contributed by atoms with Crippen molar-refractivity contribution < 1.29 is 134 Å². The van der Waals surface area contributed by atoms with Crippen LogP contribution in [0.3, 0.4) is 0 Å². The van der Waals surface area contributed by atoms with Crippen molar-refractivity contribution in [3.63, 3.8) is 0 Å². The van der Waals surface area contributed by atoms with Gasteiger partial charge in [-0.15, -0.1) is 11.3 Å². The number of nitrogens with zero attached hydrogens (tertiary/aromatic N) is 5. The zero-order valence-electron chi connectivity index (χ0n) is 74.9. The molecular weight excluding hydrogens is 1670 g/mol. The highest BCUT2D eigenvalue weighted by Crippen LogP contribution is 2.35. The van der Waals surface area contributed by atoms with E-state index in [-0.39, 0.29) is 177 Å². The number of amides is 10. The lowest BCUT2D eigenvalue weighted by Gasteiger charge is -2.38. The van der Waals surface area contributed by atoms with Crippen LogP contribution in [-0.4, -0.2) is 281 Å². The Hall–Kier alpha value is -9.72. The van der Waals surface area contributed by atoms with Crippen molar-refractivity contribution in [2.24, 2.45) is 41.2 Å². The van der Waals surface area contributed by atoms with Gasteiger partial charge in [-0.25, -0.2) is 4.98 Å². The molecule has 4 heterocycles. The minimum Gasteiger partial charge on any atom is -0.455 e. The molecule has 7 N–H and O–H groups in total. The Bertz CT molecular complexity index is 4100. The number of carbonyl (C=O) groups is 17. The summed E-state index contributed by atoms with van der Waals surface area (Å²) >= 11 is 1.03. The maximum absolute atomic E-state index is 14.8. The maximum atomic E-state index is 14.8. The SMILES string of the molecule is CC[C@H](C)[C@H](CC(=O)C(C)(C)N(C)C)C(=O)N(C)[C@H](C[C@@H](OC(C)=O)c1nc(C(=O)N[C@@H](Cc2ccc3c(c2)NC(=O)C(C)CC(=O)C(C)NC(=O)CCOCCCC(=O)C(N2C(=O)C=CC2=O)C(N2C(=O)C=CC2=O)C(=O)CCCOCCC(=O)NC(C)C(=O)CC(C)C(=O)O3)CC(C)C(=O)NCCOCOCOCOCOCOCOCCN)cs1)C(C)C. The summed E-state index contributed by atoms with van der Waals surface area (Å²) in [7, 11) is 5.26. The summed E-state index contributed by atoms with van der Waals surface area (Å²) in [5.74, 6) is -16.5. The second kappa shape index (κ2) is 54.5. The van der Waals surface area contributed by atoms with Gasteiger partial charge in [0.2, 0.25) is 29.5 Å². The van der Waals surface area contributed by atoms with Crippen molar-refractivity contribution in [2.75, 3.05) is 120 Å². The van der Waals surface area contributed by atoms with E-state index in [1.54, 1.807) is 33.0 Å². The molecule has 5 rings (SSSR count). The lowest BCUT2D eigenvalue weighted by Crippen LogP contribution is -2.61. The van der Waals surface area contributed by atoms with Gasteiger partial charge in [-0.1, -0.05) is 61.0 Å². The lowest BCUT2D eigenvalue weighted by atomic mass is 9.81. The minimum absolute atomic E-state index is 0.00355. The van der Waals surface area contributed by atoms with Crippen LogP contribution in [0.4, 0.5) is 5.69 Å². The molecule has 39 nitrogen and oxygen atoms in total. The molecule has 126 heavy (non-hydrogen) atoms. The molecule has 0 saturated heterocycles. The Morgan fingerprint density at radius 2 is 1.16 bits per heavy atom. The first kappa shape index (κ1) is 107. The fraction of sp³-hybridized carbons (Fsp3) is 0.651. The van der Waals surface area contributed by atoms with Crippen LogP contribution in [0.5, 0.6) is 5.75 Å². The molecule has 0 radical (unpaired) electrons. The molecule has 12 atom stereocenters. The number of likely N-dealkylation sites (N-methyl/N-ethyl adjacent to an activating group) is 1. The van der Waals surface area contributed by atoms with Crippen molar-refractivity contribution in [1.29, 1.82) is 0 Å². The first-order valence-corrected chi connectivity index (χ1v) is 43.1. The number of aromatic nitrogens is 1. The third kappa shape index (κ3) is 34.8. The molecule has 0 spiro atoms. The Kier molecular flexibility index (Phi) is 46.2. The number of anilines is 1. The Balaban J connectivity index is 1.42. The number of fused-ring (bicyclic) bond motifs is 1. The first-order valence-electron chi connectivity index (χ1n) is 42.3. The van der Waals surface area contributed by atoms with Crippen LogP contribution < -0.4 is 37.1 Å². The molecule has 3 aliphatic rings. The monoisotopic (exact) mass is 1790 g/mol. The van der Waals surface area contributed by atoms with E-state index >= 15 is 0 Å². The maximum Gasteiger partial charge on any atom is 0.314 e. The van der Waals surface area contributed by atoms with Gasteiger partial charge in [0.15, 0.2) is 67.9 Å². The van der Waals surface area contributed by atoms with Crippen LogP contribution in [0, 0.1) is 35.5 Å². The number of ether oxygens (including phenoxy) is 11. The van der Waals surface area contributed by atoms with E-state index in [0.717, 1.165) is 35.6 Å². The lowest BCUT2D eigenvalue weighted by molar-refractivity contribution is -0.214. The van der Waals surface area contributed by atoms with Crippen LogP contribution >= 0.6 is 11.3 Å². The van der Waals surface area contributed by atoms with Crippen molar-refractivity contribution in [1.82, 2.24) is 45.9 Å². The summed E-state index contributed by atoms with van der Waals surface area (Å²) in [5, 5.41) is 15.4. The zero-order valence-corrected chi connectivity index (χ0v) is 75.7. The number of imide groups is 2. The van der Waals surface area contributed by atoms with Crippen LogP contribution in [0.1, 0.15) is 187 Å². The molecule has 0 saturated carbocycles. The third-order valence-corrected chi connectivity index (χ3v) is 22.6. The smallest absolute Gasteiger partial charge is 0.314 e. The fourth-order valence-electron chi connectivity index (χ4n) is 13.5. The van der Waals surface area contributed by atoms with Crippen molar-refractivity contribution in [3.05, 3.63) is 64.1 Å². The molecule has 0 aliphatic carbocycles. The van der Waals surface area contributed by atoms with Gasteiger partial charge in [0.05, 0.1) is 55.7 Å². The number of Topliss-reactive ketones (excluding diaryl/α,β-unsaturated/α-hetero) is 5. The summed E-state index contributed by atoms with van der Waals surface area (Å²) in [4.78, 5) is 243. The molecule has 40 heteroatoms. The summed E-state index contributed by atoms with van der Waals surface area (Å²) in [6.45, 7) is 18.9. The van der Waals surface area contributed by atoms with E-state index in [9.17, 15) is 81.5 Å². The van der Waals surface area contributed by atoms with Crippen LogP contribution in [0.2, 0.25) is 0 Å². The summed E-state index contributed by atoms with van der Waals surface area (Å²) in [6.07, 6.45) is 0.365. The molecule has 10 amide bonds. The van der Waals surface area contributed by atoms with E-state index in [2.05, 4.69) is 26.6 Å². The van der Waals surface area contributed by atoms with E-state index in [0.29, 0.717) is 34.9 Å². The van der Waals surface area contributed by atoms with Gasteiger partial charge in [0.1, 0.15) is 36.4 Å². The van der Waals surface area contributed by atoms with E-state index in [4.69, 9.17) is 62.8 Å². The molecule has 700 valence electrons. The Morgan fingerprint density at radius 3 is 1.64 bits per heavy atom. The van der Waals surface area contributed by atoms with Crippen LogP contribution in [-0.2, 0) is 131 Å². The second-order valence-electron chi connectivity index (χ2n) is 32.3. The first-order chi connectivity index (χ1) is 59.7. The molecule has 7 unspecified atom stereocenters. The minimum atomic E-state index is -1.95. The number of rotatable bonds is 39.